The molecule has 0 aliphatic rings. The van der Waals surface area contributed by atoms with Crippen molar-refractivity contribution in [2.45, 2.75) is 348 Å². The highest BCUT2D eigenvalue weighted by Crippen LogP contribution is 2.17. The second kappa shape index (κ2) is 70.6. The van der Waals surface area contributed by atoms with Crippen LogP contribution in [0.25, 0.3) is 0 Å². The molecule has 0 saturated carbocycles. The molecule has 0 heterocycles. The van der Waals surface area contributed by atoms with Gasteiger partial charge in [-0.3, -0.25) is 14.4 Å². The first kappa shape index (κ1) is 79.1. The van der Waals surface area contributed by atoms with E-state index in [1.54, 1.807) is 0 Å². The van der Waals surface area contributed by atoms with Gasteiger partial charge in [0.05, 0.1) is 0 Å². The number of hydrogen-bond acceptors (Lipinski definition) is 6. The third-order valence-corrected chi connectivity index (χ3v) is 15.3. The van der Waals surface area contributed by atoms with Crippen LogP contribution in [0.5, 0.6) is 0 Å². The summed E-state index contributed by atoms with van der Waals surface area (Å²) in [6.07, 6.45) is 96.8. The van der Waals surface area contributed by atoms with Crippen LogP contribution in [0.1, 0.15) is 342 Å². The van der Waals surface area contributed by atoms with Crippen LogP contribution in [0.4, 0.5) is 0 Å². The largest absolute Gasteiger partial charge is 0.462 e. The minimum absolute atomic E-state index is 0.0842. The molecule has 0 aromatic rings. The van der Waals surface area contributed by atoms with E-state index in [-0.39, 0.29) is 31.1 Å². The Bertz CT molecular complexity index is 1660. The second-order valence-electron chi connectivity index (χ2n) is 23.4. The maximum atomic E-state index is 12.9. The van der Waals surface area contributed by atoms with Gasteiger partial charge in [-0.25, -0.2) is 0 Å². The van der Waals surface area contributed by atoms with Crippen LogP contribution in [-0.2, 0) is 28.6 Å². The number of hydrogen-bond donors (Lipinski definition) is 0. The van der Waals surface area contributed by atoms with E-state index in [4.69, 9.17) is 14.2 Å². The lowest BCUT2D eigenvalue weighted by molar-refractivity contribution is -0.167. The molecule has 0 aromatic heterocycles. The number of esters is 3. The van der Waals surface area contributed by atoms with Crippen LogP contribution < -0.4 is 0 Å². The van der Waals surface area contributed by atoms with Crippen molar-refractivity contribution in [1.82, 2.24) is 0 Å². The first-order valence-corrected chi connectivity index (χ1v) is 35.4. The van der Waals surface area contributed by atoms with E-state index >= 15 is 0 Å². The Labute approximate surface area is 514 Å². The van der Waals surface area contributed by atoms with E-state index in [1.165, 1.54) is 173 Å². The zero-order valence-electron chi connectivity index (χ0n) is 54.7. The predicted molar refractivity (Wildman–Crippen MR) is 362 cm³/mol. The summed E-state index contributed by atoms with van der Waals surface area (Å²) in [4.78, 5) is 38.4. The number of allylic oxidation sites excluding steroid dienone is 18. The van der Waals surface area contributed by atoms with E-state index in [0.29, 0.717) is 19.3 Å². The lowest BCUT2D eigenvalue weighted by Gasteiger charge is -2.18. The molecule has 0 amide bonds. The first-order chi connectivity index (χ1) is 41.0. The standard InChI is InChI=1S/C77H132O6/c1-4-7-10-13-16-19-22-25-28-31-33-34-35-36-37-38-39-40-41-42-43-44-45-47-49-52-55-58-61-64-67-70-76(79)82-73-74(72-81-75(78)69-66-63-60-57-54-51-48-30-27-24-21-18-15-12-9-6-3)83-77(80)71-68-65-62-59-56-53-50-46-32-29-26-23-20-17-14-11-8-5-2/h7,10,16,19,25,28,30,33-34,36-37,39-40,42-43,45,47-48,74H,4-6,8-9,11-15,17-18,20-24,26-27,29,31-32,35,38,41,44,46,49-73H2,1-3H3/b10-7-,19-16-,28-25-,34-33-,37-36-,40-39-,43-42-,47-45-,48-30-. The number of ether oxygens (including phenoxy) is 3. The summed E-state index contributed by atoms with van der Waals surface area (Å²) >= 11 is 0. The lowest BCUT2D eigenvalue weighted by Crippen LogP contribution is -2.30. The van der Waals surface area contributed by atoms with Gasteiger partial charge in [0.1, 0.15) is 13.2 Å². The van der Waals surface area contributed by atoms with Gasteiger partial charge in [0.2, 0.25) is 0 Å². The van der Waals surface area contributed by atoms with Gasteiger partial charge in [-0.1, -0.05) is 323 Å². The first-order valence-electron chi connectivity index (χ1n) is 35.4. The number of unbranched alkanes of at least 4 members (excludes halogenated alkanes) is 35. The van der Waals surface area contributed by atoms with Crippen LogP contribution in [-0.4, -0.2) is 37.2 Å². The van der Waals surface area contributed by atoms with Crippen LogP contribution in [0.2, 0.25) is 0 Å². The monoisotopic (exact) mass is 1150 g/mol. The summed E-state index contributed by atoms with van der Waals surface area (Å²) in [5, 5.41) is 0. The smallest absolute Gasteiger partial charge is 0.306 e. The Morgan fingerprint density at radius 1 is 0.253 bits per heavy atom. The Balaban J connectivity index is 4.35. The molecule has 0 saturated heterocycles. The average Bonchev–Trinajstić information content (AvgIpc) is 3.49. The Kier molecular flexibility index (Phi) is 67.2. The van der Waals surface area contributed by atoms with Gasteiger partial charge < -0.3 is 14.2 Å². The van der Waals surface area contributed by atoms with Gasteiger partial charge in [-0.05, 0) is 109 Å². The number of rotatable bonds is 64. The van der Waals surface area contributed by atoms with Gasteiger partial charge in [-0.2, -0.15) is 0 Å². The highest BCUT2D eigenvalue weighted by Gasteiger charge is 2.19. The molecule has 1 atom stereocenters. The molecule has 83 heavy (non-hydrogen) atoms. The van der Waals surface area contributed by atoms with Crippen LogP contribution in [0.3, 0.4) is 0 Å². The van der Waals surface area contributed by atoms with Crippen molar-refractivity contribution in [3.63, 3.8) is 0 Å². The van der Waals surface area contributed by atoms with E-state index in [2.05, 4.69) is 130 Å². The third kappa shape index (κ3) is 68.7. The topological polar surface area (TPSA) is 78.9 Å². The summed E-state index contributed by atoms with van der Waals surface area (Å²) < 4.78 is 17.0. The van der Waals surface area contributed by atoms with Crippen molar-refractivity contribution in [2.24, 2.45) is 0 Å². The SMILES string of the molecule is CC/C=C\C/C=C\C/C=C\C/C=C\C/C=C\C/C=C\C/C=C\C/C=C\CCCCCCCCC(=O)OCC(COC(=O)CCCCCCC/C=C\CCCCCCCCC)OC(=O)CCCCCCCCCCCCCCCCCCCC. The number of carbonyl (C=O) groups is 3. The fourth-order valence-electron chi connectivity index (χ4n) is 9.99. The van der Waals surface area contributed by atoms with Gasteiger partial charge in [-0.15, -0.1) is 0 Å². The molecule has 0 bridgehead atoms. The quantitative estimate of drug-likeness (QED) is 0.0261. The van der Waals surface area contributed by atoms with E-state index in [9.17, 15) is 14.4 Å². The van der Waals surface area contributed by atoms with Crippen LogP contribution in [0.15, 0.2) is 109 Å². The molecule has 476 valence electrons. The van der Waals surface area contributed by atoms with Gasteiger partial charge in [0.15, 0.2) is 6.10 Å². The molecular formula is C77H132O6. The molecule has 0 N–H and O–H groups in total. The summed E-state index contributed by atoms with van der Waals surface area (Å²) in [5.41, 5.74) is 0. The molecule has 0 aliphatic carbocycles. The fraction of sp³-hybridized carbons (Fsp3) is 0.727. The van der Waals surface area contributed by atoms with Crippen molar-refractivity contribution in [1.29, 1.82) is 0 Å². The molecular weight excluding hydrogens is 1020 g/mol. The zero-order chi connectivity index (χ0) is 59.9. The second-order valence-corrected chi connectivity index (χ2v) is 23.4. The highest BCUT2D eigenvalue weighted by atomic mass is 16.6. The van der Waals surface area contributed by atoms with Crippen molar-refractivity contribution < 1.29 is 28.6 Å². The van der Waals surface area contributed by atoms with Crippen molar-refractivity contribution in [3.8, 4) is 0 Å². The van der Waals surface area contributed by atoms with Gasteiger partial charge in [0.25, 0.3) is 0 Å². The predicted octanol–water partition coefficient (Wildman–Crippen LogP) is 24.6. The molecule has 1 unspecified atom stereocenters. The molecule has 0 aliphatic heterocycles. The minimum Gasteiger partial charge on any atom is -0.462 e. The molecule has 6 heteroatoms. The minimum atomic E-state index is -0.789. The Hall–Kier alpha value is -3.93. The molecule has 0 aromatic carbocycles. The molecule has 0 rings (SSSR count). The molecule has 0 spiro atoms. The molecule has 6 nitrogen and oxygen atoms in total. The van der Waals surface area contributed by atoms with Crippen molar-refractivity contribution in [2.75, 3.05) is 13.2 Å². The van der Waals surface area contributed by atoms with Gasteiger partial charge >= 0.3 is 17.9 Å². The van der Waals surface area contributed by atoms with E-state index in [1.807, 2.05) is 0 Å². The fourth-order valence-corrected chi connectivity index (χ4v) is 9.99. The van der Waals surface area contributed by atoms with Gasteiger partial charge in [0, 0.05) is 19.3 Å². The van der Waals surface area contributed by atoms with Crippen LogP contribution >= 0.6 is 0 Å². The number of carbonyl (C=O) groups excluding carboxylic acids is 3. The summed E-state index contributed by atoms with van der Waals surface area (Å²) in [6, 6.07) is 0. The highest BCUT2D eigenvalue weighted by molar-refractivity contribution is 5.71. The summed E-state index contributed by atoms with van der Waals surface area (Å²) in [6.45, 7) is 6.55. The maximum Gasteiger partial charge on any atom is 0.306 e. The molecule has 0 fully saturated rings. The Morgan fingerprint density at radius 3 is 0.747 bits per heavy atom. The van der Waals surface area contributed by atoms with Crippen LogP contribution in [0, 0.1) is 0 Å². The summed E-state index contributed by atoms with van der Waals surface area (Å²) in [5.74, 6) is -0.891. The normalized spacial score (nSPS) is 12.8. The van der Waals surface area contributed by atoms with E-state index < -0.39 is 6.10 Å². The maximum absolute atomic E-state index is 12.9. The lowest BCUT2D eigenvalue weighted by atomic mass is 10.0. The summed E-state index contributed by atoms with van der Waals surface area (Å²) in [7, 11) is 0. The molecule has 0 radical (unpaired) electrons. The zero-order valence-corrected chi connectivity index (χ0v) is 54.7. The third-order valence-electron chi connectivity index (χ3n) is 15.3. The Morgan fingerprint density at radius 2 is 0.470 bits per heavy atom. The van der Waals surface area contributed by atoms with E-state index in [0.717, 1.165) is 128 Å². The average molecular weight is 1150 g/mol. The van der Waals surface area contributed by atoms with Crippen molar-refractivity contribution >= 4 is 17.9 Å². The van der Waals surface area contributed by atoms with Crippen molar-refractivity contribution in [3.05, 3.63) is 109 Å².